The number of phosphoric acid groups is 2. The minimum absolute atomic E-state index is 0.108. The summed E-state index contributed by atoms with van der Waals surface area (Å²) in [6, 6.07) is 0. The van der Waals surface area contributed by atoms with Crippen molar-refractivity contribution < 1.29 is 80.2 Å². The van der Waals surface area contributed by atoms with Crippen molar-refractivity contribution in [1.82, 2.24) is 0 Å². The van der Waals surface area contributed by atoms with Crippen LogP contribution in [0.2, 0.25) is 0 Å². The number of aliphatic hydroxyl groups excluding tert-OH is 1. The molecule has 0 aromatic heterocycles. The number of phosphoric ester groups is 2. The van der Waals surface area contributed by atoms with E-state index in [1.54, 1.807) is 0 Å². The monoisotopic (exact) mass is 1540 g/mol. The van der Waals surface area contributed by atoms with Gasteiger partial charge in [-0.15, -0.1) is 0 Å². The van der Waals surface area contributed by atoms with Crippen LogP contribution < -0.4 is 0 Å². The van der Waals surface area contributed by atoms with Crippen molar-refractivity contribution in [3.8, 4) is 0 Å². The maximum atomic E-state index is 13.1. The molecule has 3 unspecified atom stereocenters. The highest BCUT2D eigenvalue weighted by atomic mass is 31.2. The SMILES string of the molecule is CCCCCCCCCCCCCCCCCCCCCCCCC(=O)OC[C@H](COP(=O)(O)OC[C@@H](O)COP(=O)(O)OC[C@@H](COC(=O)CCCCCCCCC)OC(=O)CCCCCCCCCCCCCCCC)OC(=O)CCCCCCCCCCCCCCCCCCCCC(C)CC. The minimum atomic E-state index is -4.96. The van der Waals surface area contributed by atoms with Crippen molar-refractivity contribution in [3.63, 3.8) is 0 Å². The standard InChI is InChI=1S/C86H168O17P2/c1-6-10-13-16-19-21-23-25-27-28-29-30-31-32-36-39-43-46-50-55-60-65-70-84(89)97-76-82(103-86(91)72-67-62-57-52-48-44-40-37-34-33-35-38-41-45-49-54-58-63-68-79(5)9-4)78-101-105(94,95)99-74-80(87)73-98-104(92,93)100-77-81(75-96-83(88)69-64-59-53-18-15-12-8-3)102-85(90)71-66-61-56-51-47-42-26-24-22-20-17-14-11-7-2/h79-82,87H,6-78H2,1-5H3,(H,92,93)(H,94,95)/t79?,80-,81+,82+/m0/s1. The highest BCUT2D eigenvalue weighted by Crippen LogP contribution is 2.45. The van der Waals surface area contributed by atoms with Crippen LogP contribution in [0.25, 0.3) is 0 Å². The van der Waals surface area contributed by atoms with Gasteiger partial charge < -0.3 is 33.8 Å². The van der Waals surface area contributed by atoms with E-state index in [9.17, 15) is 43.2 Å². The Morgan fingerprint density at radius 2 is 0.457 bits per heavy atom. The molecule has 0 fully saturated rings. The number of carbonyl (C=O) groups excluding carboxylic acids is 4. The Hall–Kier alpha value is -1.94. The first-order valence-corrected chi connectivity index (χ1v) is 47.7. The Morgan fingerprint density at radius 3 is 0.676 bits per heavy atom. The van der Waals surface area contributed by atoms with E-state index in [4.69, 9.17) is 37.0 Å². The summed E-state index contributed by atoms with van der Waals surface area (Å²) in [4.78, 5) is 73.0. The molecule has 0 rings (SSSR count). The number of ether oxygens (including phenoxy) is 4. The molecule has 0 spiro atoms. The van der Waals surface area contributed by atoms with E-state index in [1.807, 2.05) is 0 Å². The van der Waals surface area contributed by atoms with Crippen LogP contribution in [0.1, 0.15) is 465 Å². The number of carbonyl (C=O) groups is 4. The third-order valence-corrected chi connectivity index (χ3v) is 22.5. The molecule has 0 aromatic rings. The molecule has 0 aliphatic heterocycles. The fourth-order valence-electron chi connectivity index (χ4n) is 13.4. The summed E-state index contributed by atoms with van der Waals surface area (Å²) in [5.74, 6) is -1.24. The van der Waals surface area contributed by atoms with E-state index >= 15 is 0 Å². The van der Waals surface area contributed by atoms with Gasteiger partial charge in [0.1, 0.15) is 19.3 Å². The molecule has 3 N–H and O–H groups in total. The van der Waals surface area contributed by atoms with Gasteiger partial charge >= 0.3 is 39.5 Å². The van der Waals surface area contributed by atoms with E-state index in [0.717, 1.165) is 109 Å². The minimum Gasteiger partial charge on any atom is -0.462 e. The molecule has 624 valence electrons. The molecule has 105 heavy (non-hydrogen) atoms. The maximum absolute atomic E-state index is 13.1. The lowest BCUT2D eigenvalue weighted by atomic mass is 9.99. The summed E-state index contributed by atoms with van der Waals surface area (Å²) >= 11 is 0. The summed E-state index contributed by atoms with van der Waals surface area (Å²) in [5.41, 5.74) is 0. The van der Waals surface area contributed by atoms with Gasteiger partial charge in [-0.3, -0.25) is 37.3 Å². The lowest BCUT2D eigenvalue weighted by Crippen LogP contribution is -2.30. The summed E-state index contributed by atoms with van der Waals surface area (Å²) in [7, 11) is -9.92. The Labute approximate surface area is 645 Å². The first-order valence-electron chi connectivity index (χ1n) is 44.7. The Bertz CT molecular complexity index is 2000. The molecule has 0 aliphatic carbocycles. The van der Waals surface area contributed by atoms with Crippen LogP contribution in [-0.2, 0) is 65.4 Å². The Kier molecular flexibility index (Phi) is 77.3. The first-order chi connectivity index (χ1) is 51.1. The van der Waals surface area contributed by atoms with E-state index in [1.165, 1.54) is 276 Å². The summed E-state index contributed by atoms with van der Waals surface area (Å²) in [6.07, 6.45) is 72.5. The Balaban J connectivity index is 5.14. The molecule has 6 atom stereocenters. The van der Waals surface area contributed by atoms with Crippen molar-refractivity contribution in [3.05, 3.63) is 0 Å². The lowest BCUT2D eigenvalue weighted by molar-refractivity contribution is -0.161. The van der Waals surface area contributed by atoms with Crippen molar-refractivity contribution in [2.75, 3.05) is 39.6 Å². The van der Waals surface area contributed by atoms with Gasteiger partial charge in [-0.1, -0.05) is 413 Å². The van der Waals surface area contributed by atoms with E-state index in [0.29, 0.717) is 25.7 Å². The van der Waals surface area contributed by atoms with Gasteiger partial charge in [-0.05, 0) is 31.6 Å². The third kappa shape index (κ3) is 78.5. The predicted octanol–water partition coefficient (Wildman–Crippen LogP) is 26.4. The molecule has 0 saturated carbocycles. The first kappa shape index (κ1) is 103. The van der Waals surface area contributed by atoms with Gasteiger partial charge in [-0.25, -0.2) is 9.13 Å². The maximum Gasteiger partial charge on any atom is 0.472 e. The summed E-state index contributed by atoms with van der Waals surface area (Å²) in [6.45, 7) is 7.38. The van der Waals surface area contributed by atoms with Crippen LogP contribution in [-0.4, -0.2) is 96.7 Å². The molecule has 0 radical (unpaired) electrons. The van der Waals surface area contributed by atoms with Crippen LogP contribution >= 0.6 is 15.6 Å². The zero-order valence-corrected chi connectivity index (χ0v) is 70.7. The number of hydrogen-bond donors (Lipinski definition) is 3. The Morgan fingerprint density at radius 1 is 0.267 bits per heavy atom. The molecule has 0 heterocycles. The fourth-order valence-corrected chi connectivity index (χ4v) is 15.0. The predicted molar refractivity (Wildman–Crippen MR) is 432 cm³/mol. The van der Waals surface area contributed by atoms with Crippen LogP contribution in [0.15, 0.2) is 0 Å². The van der Waals surface area contributed by atoms with Crippen LogP contribution in [0.4, 0.5) is 0 Å². The van der Waals surface area contributed by atoms with E-state index in [-0.39, 0.29) is 25.7 Å². The number of rotatable bonds is 86. The number of aliphatic hydroxyl groups is 1. The summed E-state index contributed by atoms with van der Waals surface area (Å²) in [5, 5.41) is 10.6. The van der Waals surface area contributed by atoms with Crippen molar-refractivity contribution in [2.45, 2.75) is 483 Å². The quantitative estimate of drug-likeness (QED) is 0.0222. The van der Waals surface area contributed by atoms with Crippen molar-refractivity contribution >= 4 is 39.5 Å². The molecule has 0 aliphatic rings. The van der Waals surface area contributed by atoms with Crippen molar-refractivity contribution in [1.29, 1.82) is 0 Å². The molecule has 0 saturated heterocycles. The molecule has 0 bridgehead atoms. The van der Waals surface area contributed by atoms with Gasteiger partial charge in [0.25, 0.3) is 0 Å². The molecular weight excluding hydrogens is 1370 g/mol. The third-order valence-electron chi connectivity index (χ3n) is 20.6. The lowest BCUT2D eigenvalue weighted by Gasteiger charge is -2.21. The summed E-state index contributed by atoms with van der Waals surface area (Å²) < 4.78 is 68.7. The van der Waals surface area contributed by atoms with E-state index in [2.05, 4.69) is 34.6 Å². The normalized spacial score (nSPS) is 14.0. The zero-order valence-electron chi connectivity index (χ0n) is 68.9. The second-order valence-electron chi connectivity index (χ2n) is 31.2. The zero-order chi connectivity index (χ0) is 76.9. The van der Waals surface area contributed by atoms with Crippen LogP contribution in [0.3, 0.4) is 0 Å². The van der Waals surface area contributed by atoms with Crippen molar-refractivity contribution in [2.24, 2.45) is 5.92 Å². The van der Waals surface area contributed by atoms with Gasteiger partial charge in [-0.2, -0.15) is 0 Å². The van der Waals surface area contributed by atoms with Crippen LogP contribution in [0.5, 0.6) is 0 Å². The molecule has 17 nitrogen and oxygen atoms in total. The van der Waals surface area contributed by atoms with Gasteiger partial charge in [0.05, 0.1) is 26.4 Å². The average molecular weight is 1540 g/mol. The highest BCUT2D eigenvalue weighted by molar-refractivity contribution is 7.47. The number of hydrogen-bond acceptors (Lipinski definition) is 15. The number of esters is 4. The fraction of sp³-hybridized carbons (Fsp3) is 0.953. The largest absolute Gasteiger partial charge is 0.472 e. The van der Waals surface area contributed by atoms with E-state index < -0.39 is 97.5 Å². The molecule has 19 heteroatoms. The number of unbranched alkanes of at least 4 members (excludes halogenated alkanes) is 57. The molecule has 0 aromatic carbocycles. The molecular formula is C86H168O17P2. The molecule has 0 amide bonds. The average Bonchev–Trinajstić information content (AvgIpc) is 0.944. The second kappa shape index (κ2) is 78.7. The van der Waals surface area contributed by atoms with Crippen LogP contribution in [0, 0.1) is 5.92 Å². The second-order valence-corrected chi connectivity index (χ2v) is 34.1. The van der Waals surface area contributed by atoms with Gasteiger partial charge in [0.15, 0.2) is 12.2 Å². The topological polar surface area (TPSA) is 237 Å². The smallest absolute Gasteiger partial charge is 0.462 e. The highest BCUT2D eigenvalue weighted by Gasteiger charge is 2.30. The van der Waals surface area contributed by atoms with Gasteiger partial charge in [0, 0.05) is 25.7 Å². The van der Waals surface area contributed by atoms with Gasteiger partial charge in [0.2, 0.25) is 0 Å².